The van der Waals surface area contributed by atoms with Crippen LogP contribution in [0.25, 0.3) is 0 Å². The van der Waals surface area contributed by atoms with Crippen molar-refractivity contribution < 1.29 is 19.4 Å². The number of aliphatic carboxylic acids is 1. The van der Waals surface area contributed by atoms with E-state index in [-0.39, 0.29) is 5.91 Å². The number of nitrogens with zero attached hydrogens (tertiary/aromatic N) is 1. The fraction of sp³-hybridized carbons (Fsp3) is 0.846. The summed E-state index contributed by atoms with van der Waals surface area (Å²) in [4.78, 5) is 25.0. The number of carboxylic acid groups (broad SMARTS) is 1. The van der Waals surface area contributed by atoms with Crippen LogP contribution in [0, 0.1) is 5.92 Å². The Kier molecular flexibility index (Phi) is 3.90. The van der Waals surface area contributed by atoms with E-state index in [0.29, 0.717) is 24.8 Å². The third-order valence-corrected chi connectivity index (χ3v) is 3.95. The van der Waals surface area contributed by atoms with Crippen molar-refractivity contribution >= 4 is 11.9 Å². The van der Waals surface area contributed by atoms with Gasteiger partial charge in [-0.15, -0.1) is 0 Å². The lowest BCUT2D eigenvalue weighted by molar-refractivity contribution is -0.155. The Bertz CT molecular complexity index is 344. The second-order valence-corrected chi connectivity index (χ2v) is 5.42. The highest BCUT2D eigenvalue weighted by Gasteiger charge is 2.40. The first kappa shape index (κ1) is 13.3. The first-order chi connectivity index (χ1) is 8.52. The van der Waals surface area contributed by atoms with Gasteiger partial charge < -0.3 is 14.7 Å². The van der Waals surface area contributed by atoms with Gasteiger partial charge >= 0.3 is 5.97 Å². The molecule has 0 bridgehead atoms. The van der Waals surface area contributed by atoms with Gasteiger partial charge in [-0.3, -0.25) is 4.79 Å². The maximum Gasteiger partial charge on any atom is 0.332 e. The van der Waals surface area contributed by atoms with Crippen molar-refractivity contribution in [1.82, 2.24) is 4.90 Å². The second kappa shape index (κ2) is 5.26. The second-order valence-electron chi connectivity index (χ2n) is 5.42. The van der Waals surface area contributed by atoms with Gasteiger partial charge in [-0.05, 0) is 31.6 Å². The molecule has 102 valence electrons. The van der Waals surface area contributed by atoms with Gasteiger partial charge in [0.05, 0.1) is 0 Å². The van der Waals surface area contributed by atoms with Gasteiger partial charge in [0.1, 0.15) is 6.10 Å². The molecule has 18 heavy (non-hydrogen) atoms. The Hall–Kier alpha value is -1.10. The molecule has 5 heteroatoms. The van der Waals surface area contributed by atoms with Crippen LogP contribution in [0.15, 0.2) is 0 Å². The topological polar surface area (TPSA) is 66.8 Å². The van der Waals surface area contributed by atoms with Crippen LogP contribution in [0.1, 0.15) is 39.5 Å². The number of likely N-dealkylation sites (tertiary alicyclic amines) is 1. The van der Waals surface area contributed by atoms with Crippen molar-refractivity contribution in [1.29, 1.82) is 0 Å². The van der Waals surface area contributed by atoms with Crippen LogP contribution < -0.4 is 0 Å². The van der Waals surface area contributed by atoms with Crippen molar-refractivity contribution in [3.05, 3.63) is 0 Å². The largest absolute Gasteiger partial charge is 0.479 e. The number of carbonyl (C=O) groups is 2. The van der Waals surface area contributed by atoms with E-state index in [0.717, 1.165) is 19.4 Å². The van der Waals surface area contributed by atoms with Gasteiger partial charge in [-0.25, -0.2) is 4.79 Å². The highest BCUT2D eigenvalue weighted by molar-refractivity contribution is 5.83. The van der Waals surface area contributed by atoms with Crippen molar-refractivity contribution in [2.24, 2.45) is 5.92 Å². The lowest BCUT2D eigenvalue weighted by atomic mass is 10.1. The highest BCUT2D eigenvalue weighted by atomic mass is 16.5. The summed E-state index contributed by atoms with van der Waals surface area (Å²) in [5.74, 6) is -0.461. The summed E-state index contributed by atoms with van der Waals surface area (Å²) in [7, 11) is 0. The fourth-order valence-corrected chi connectivity index (χ4v) is 2.99. The van der Waals surface area contributed by atoms with Crippen molar-refractivity contribution in [2.75, 3.05) is 6.54 Å². The van der Waals surface area contributed by atoms with E-state index in [1.807, 2.05) is 4.90 Å². The molecular formula is C13H21NO4. The molecule has 0 spiro atoms. The molecule has 2 fully saturated rings. The first-order valence-electron chi connectivity index (χ1n) is 6.71. The zero-order chi connectivity index (χ0) is 13.3. The molecule has 0 radical (unpaired) electrons. The summed E-state index contributed by atoms with van der Waals surface area (Å²) >= 11 is 0. The highest BCUT2D eigenvalue weighted by Crippen LogP contribution is 2.29. The molecule has 4 atom stereocenters. The Morgan fingerprint density at radius 3 is 2.56 bits per heavy atom. The SMILES string of the molecule is CCC1CC(C)CN1C(=O)[C@@H]1CC[C@H](C(=O)O)O1. The predicted octanol–water partition coefficient (Wildman–Crippen LogP) is 1.27. The molecule has 0 aromatic rings. The number of amides is 1. The number of carbonyl (C=O) groups excluding carboxylic acids is 1. The van der Waals surface area contributed by atoms with Gasteiger partial charge in [0.15, 0.2) is 6.10 Å². The Morgan fingerprint density at radius 1 is 1.33 bits per heavy atom. The molecule has 1 amide bonds. The van der Waals surface area contributed by atoms with Crippen molar-refractivity contribution in [2.45, 2.75) is 57.8 Å². The molecular weight excluding hydrogens is 234 g/mol. The molecule has 1 N–H and O–H groups in total. The molecule has 0 aromatic carbocycles. The molecule has 2 aliphatic heterocycles. The number of rotatable bonds is 3. The van der Waals surface area contributed by atoms with Crippen LogP contribution in [0.3, 0.4) is 0 Å². The van der Waals surface area contributed by atoms with E-state index in [1.54, 1.807) is 0 Å². The minimum Gasteiger partial charge on any atom is -0.479 e. The van der Waals surface area contributed by atoms with E-state index < -0.39 is 18.2 Å². The molecule has 5 nitrogen and oxygen atoms in total. The smallest absolute Gasteiger partial charge is 0.332 e. The van der Waals surface area contributed by atoms with Gasteiger partial charge in [-0.1, -0.05) is 13.8 Å². The van der Waals surface area contributed by atoms with E-state index >= 15 is 0 Å². The summed E-state index contributed by atoms with van der Waals surface area (Å²) in [6.07, 6.45) is 1.59. The predicted molar refractivity (Wildman–Crippen MR) is 65.1 cm³/mol. The van der Waals surface area contributed by atoms with E-state index in [1.165, 1.54) is 0 Å². The Morgan fingerprint density at radius 2 is 2.00 bits per heavy atom. The molecule has 0 aromatic heterocycles. The third-order valence-electron chi connectivity index (χ3n) is 3.95. The van der Waals surface area contributed by atoms with E-state index in [4.69, 9.17) is 9.84 Å². The fourth-order valence-electron chi connectivity index (χ4n) is 2.99. The Balaban J connectivity index is 1.97. The van der Waals surface area contributed by atoms with Crippen LogP contribution in [-0.2, 0) is 14.3 Å². The van der Waals surface area contributed by atoms with Crippen molar-refractivity contribution in [3.8, 4) is 0 Å². The zero-order valence-electron chi connectivity index (χ0n) is 11.0. The molecule has 2 unspecified atom stereocenters. The monoisotopic (exact) mass is 255 g/mol. The average Bonchev–Trinajstić information content (AvgIpc) is 2.94. The first-order valence-corrected chi connectivity index (χ1v) is 6.71. The van der Waals surface area contributed by atoms with Crippen LogP contribution in [0.5, 0.6) is 0 Å². The standard InChI is InChI=1S/C13H21NO4/c1-3-9-6-8(2)7-14(9)12(15)10-4-5-11(18-10)13(16)17/h8-11H,3-7H2,1-2H3,(H,16,17)/t8?,9?,10-,11+/m0/s1. The van der Waals surface area contributed by atoms with Crippen molar-refractivity contribution in [3.63, 3.8) is 0 Å². The maximum absolute atomic E-state index is 12.3. The summed E-state index contributed by atoms with van der Waals surface area (Å²) < 4.78 is 5.33. The summed E-state index contributed by atoms with van der Waals surface area (Å²) in [6.45, 7) is 5.00. The minimum absolute atomic E-state index is 0.0186. The van der Waals surface area contributed by atoms with Crippen LogP contribution in [0.2, 0.25) is 0 Å². The molecule has 0 aliphatic carbocycles. The lowest BCUT2D eigenvalue weighted by Gasteiger charge is -2.26. The number of hydrogen-bond acceptors (Lipinski definition) is 3. The van der Waals surface area contributed by atoms with Crippen LogP contribution in [0.4, 0.5) is 0 Å². The van der Waals surface area contributed by atoms with Gasteiger partial charge in [0.25, 0.3) is 5.91 Å². The van der Waals surface area contributed by atoms with Crippen LogP contribution >= 0.6 is 0 Å². The molecule has 0 saturated carbocycles. The average molecular weight is 255 g/mol. The van der Waals surface area contributed by atoms with Gasteiger partial charge in [0.2, 0.25) is 0 Å². The van der Waals surface area contributed by atoms with E-state index in [2.05, 4.69) is 13.8 Å². The van der Waals surface area contributed by atoms with Gasteiger partial charge in [0, 0.05) is 12.6 Å². The summed E-state index contributed by atoms with van der Waals surface area (Å²) in [5, 5.41) is 8.87. The summed E-state index contributed by atoms with van der Waals surface area (Å²) in [5.41, 5.74) is 0. The van der Waals surface area contributed by atoms with Gasteiger partial charge in [-0.2, -0.15) is 0 Å². The molecule has 2 rings (SSSR count). The molecule has 2 aliphatic rings. The maximum atomic E-state index is 12.3. The minimum atomic E-state index is -0.966. The normalized spacial score (nSPS) is 36.0. The number of ether oxygens (including phenoxy) is 1. The molecule has 2 heterocycles. The summed E-state index contributed by atoms with van der Waals surface area (Å²) in [6, 6.07) is 0.292. The number of hydrogen-bond donors (Lipinski definition) is 1. The number of carboxylic acids is 1. The quantitative estimate of drug-likeness (QED) is 0.824. The third kappa shape index (κ3) is 2.51. The Labute approximate surface area is 107 Å². The molecule has 2 saturated heterocycles. The van der Waals surface area contributed by atoms with Crippen LogP contribution in [-0.4, -0.2) is 46.7 Å². The van der Waals surface area contributed by atoms with E-state index in [9.17, 15) is 9.59 Å². The lowest BCUT2D eigenvalue weighted by Crippen LogP contribution is -2.42. The zero-order valence-corrected chi connectivity index (χ0v) is 11.0.